The molecule has 2 atom stereocenters. The van der Waals surface area contributed by atoms with Crippen molar-refractivity contribution in [1.82, 2.24) is 10.2 Å². The lowest BCUT2D eigenvalue weighted by Crippen LogP contribution is -2.47. The third-order valence-corrected chi connectivity index (χ3v) is 5.38. The highest BCUT2D eigenvalue weighted by atomic mass is 16.5. The van der Waals surface area contributed by atoms with E-state index in [9.17, 15) is 19.2 Å². The summed E-state index contributed by atoms with van der Waals surface area (Å²) in [6.45, 7) is 1.32. The number of carbonyl (C=O) groups excluding carboxylic acids is 4. The Balaban J connectivity index is 1.84. The van der Waals surface area contributed by atoms with Crippen molar-refractivity contribution in [3.63, 3.8) is 0 Å². The highest BCUT2D eigenvalue weighted by Crippen LogP contribution is 2.45. The van der Waals surface area contributed by atoms with Gasteiger partial charge in [-0.3, -0.25) is 14.4 Å². The zero-order chi connectivity index (χ0) is 20.3. The molecule has 2 amide bonds. The molecule has 1 saturated heterocycles. The Morgan fingerprint density at radius 2 is 1.64 bits per heavy atom. The van der Waals surface area contributed by atoms with Gasteiger partial charge in [0.25, 0.3) is 11.8 Å². The Morgan fingerprint density at radius 3 is 2.25 bits per heavy atom. The number of benzene rings is 1. The molecule has 8 nitrogen and oxygen atoms in total. The molecule has 28 heavy (non-hydrogen) atoms. The first-order valence-electron chi connectivity index (χ1n) is 9.31. The molecule has 3 rings (SSSR count). The first kappa shape index (κ1) is 19.9. The van der Waals surface area contributed by atoms with Gasteiger partial charge < -0.3 is 19.7 Å². The van der Waals surface area contributed by atoms with E-state index in [0.717, 1.165) is 19.3 Å². The zero-order valence-corrected chi connectivity index (χ0v) is 16.0. The fourth-order valence-corrected chi connectivity index (χ4v) is 3.69. The molecular weight excluding hydrogens is 364 g/mol. The number of ether oxygens (including phenoxy) is 2. The minimum absolute atomic E-state index is 0.0975. The Morgan fingerprint density at radius 1 is 1.00 bits per heavy atom. The predicted molar refractivity (Wildman–Crippen MR) is 98.5 cm³/mol. The maximum Gasteiger partial charge on any atom is 0.332 e. The van der Waals surface area contributed by atoms with Gasteiger partial charge in [-0.05, 0) is 37.8 Å². The summed E-state index contributed by atoms with van der Waals surface area (Å²) < 4.78 is 9.47. The second-order valence-electron chi connectivity index (χ2n) is 7.10. The van der Waals surface area contributed by atoms with Crippen LogP contribution in [0.1, 0.15) is 46.4 Å². The Labute approximate surface area is 163 Å². The second-order valence-corrected chi connectivity index (χ2v) is 7.10. The van der Waals surface area contributed by atoms with Gasteiger partial charge in [0.05, 0.1) is 31.3 Å². The van der Waals surface area contributed by atoms with E-state index in [0.29, 0.717) is 13.1 Å². The zero-order valence-electron chi connectivity index (χ0n) is 16.0. The van der Waals surface area contributed by atoms with Crippen LogP contribution < -0.4 is 5.32 Å². The summed E-state index contributed by atoms with van der Waals surface area (Å²) in [6.07, 6.45) is 3.06. The molecule has 1 aliphatic heterocycles. The Bertz CT molecular complexity index is 802. The third kappa shape index (κ3) is 3.58. The molecule has 150 valence electrons. The van der Waals surface area contributed by atoms with Crippen molar-refractivity contribution < 1.29 is 28.7 Å². The van der Waals surface area contributed by atoms with E-state index in [4.69, 9.17) is 9.47 Å². The van der Waals surface area contributed by atoms with E-state index in [1.807, 2.05) is 0 Å². The van der Waals surface area contributed by atoms with Gasteiger partial charge >= 0.3 is 11.9 Å². The van der Waals surface area contributed by atoms with Crippen molar-refractivity contribution in [2.24, 2.45) is 5.92 Å². The number of hydrogen-bond donors (Lipinski definition) is 1. The van der Waals surface area contributed by atoms with Crippen LogP contribution in [-0.4, -0.2) is 61.5 Å². The molecule has 1 aromatic rings. The summed E-state index contributed by atoms with van der Waals surface area (Å²) in [4.78, 5) is 51.7. The van der Waals surface area contributed by atoms with Crippen molar-refractivity contribution in [3.05, 3.63) is 35.4 Å². The highest BCUT2D eigenvalue weighted by Gasteiger charge is 2.66. The van der Waals surface area contributed by atoms with Gasteiger partial charge in [-0.25, -0.2) is 4.79 Å². The van der Waals surface area contributed by atoms with E-state index >= 15 is 0 Å². The predicted octanol–water partition coefficient (Wildman–Crippen LogP) is 1.15. The molecule has 2 fully saturated rings. The molecule has 1 heterocycles. The molecule has 1 N–H and O–H groups in total. The van der Waals surface area contributed by atoms with E-state index < -0.39 is 29.3 Å². The maximum atomic E-state index is 12.9. The number of rotatable bonds is 5. The third-order valence-electron chi connectivity index (χ3n) is 5.38. The fraction of sp³-hybridized carbons (Fsp3) is 0.500. The SMILES string of the molecule is COC(=O)[C@@H]1C[C@@]1(NC(=O)c1ccccc1C(=O)N1CCCCC1)C(=O)OC. The van der Waals surface area contributed by atoms with Crippen molar-refractivity contribution in [2.75, 3.05) is 27.3 Å². The number of carbonyl (C=O) groups is 4. The Hall–Kier alpha value is -2.90. The van der Waals surface area contributed by atoms with Crippen molar-refractivity contribution in [3.8, 4) is 0 Å². The maximum absolute atomic E-state index is 12.9. The first-order chi connectivity index (χ1) is 13.4. The van der Waals surface area contributed by atoms with Gasteiger partial charge in [0, 0.05) is 13.1 Å². The average Bonchev–Trinajstić information content (AvgIpc) is 3.47. The van der Waals surface area contributed by atoms with Crippen LogP contribution in [0.2, 0.25) is 0 Å². The normalized spacial score (nSPS) is 23.5. The van der Waals surface area contributed by atoms with Gasteiger partial charge in [0.1, 0.15) is 0 Å². The number of likely N-dealkylation sites (tertiary alicyclic amines) is 1. The quantitative estimate of drug-likeness (QED) is 0.759. The van der Waals surface area contributed by atoms with Gasteiger partial charge in [0.15, 0.2) is 5.54 Å². The van der Waals surface area contributed by atoms with Crippen LogP contribution in [0.15, 0.2) is 24.3 Å². The van der Waals surface area contributed by atoms with E-state index in [2.05, 4.69) is 5.32 Å². The van der Waals surface area contributed by atoms with Crippen LogP contribution in [-0.2, 0) is 19.1 Å². The topological polar surface area (TPSA) is 102 Å². The standard InChI is InChI=1S/C20H24N2O6/c1-27-18(25)15-12-20(15,19(26)28-2)21-16(23)13-8-4-5-9-14(13)17(24)22-10-6-3-7-11-22/h4-5,8-9,15H,3,6-7,10-12H2,1-2H3,(H,21,23)/t15-,20-/m0/s1. The van der Waals surface area contributed by atoms with Crippen molar-refractivity contribution >= 4 is 23.8 Å². The number of piperidine rings is 1. The molecule has 0 radical (unpaired) electrons. The highest BCUT2D eigenvalue weighted by molar-refractivity contribution is 6.09. The minimum Gasteiger partial charge on any atom is -0.469 e. The molecule has 1 aromatic carbocycles. The van der Waals surface area contributed by atoms with Crippen LogP contribution in [0.3, 0.4) is 0 Å². The van der Waals surface area contributed by atoms with Gasteiger partial charge in [-0.2, -0.15) is 0 Å². The smallest absolute Gasteiger partial charge is 0.332 e. The van der Waals surface area contributed by atoms with Crippen molar-refractivity contribution in [1.29, 1.82) is 0 Å². The summed E-state index contributed by atoms with van der Waals surface area (Å²) in [6, 6.07) is 6.48. The molecule has 2 aliphatic rings. The van der Waals surface area contributed by atoms with E-state index in [1.165, 1.54) is 20.3 Å². The number of methoxy groups -OCH3 is 2. The number of amides is 2. The van der Waals surface area contributed by atoms with Gasteiger partial charge in [-0.1, -0.05) is 12.1 Å². The molecule has 8 heteroatoms. The lowest BCUT2D eigenvalue weighted by atomic mass is 10.0. The summed E-state index contributed by atoms with van der Waals surface area (Å²) in [5.74, 6) is -2.92. The lowest BCUT2D eigenvalue weighted by Gasteiger charge is -2.27. The van der Waals surface area contributed by atoms with Crippen LogP contribution in [0, 0.1) is 5.92 Å². The monoisotopic (exact) mass is 388 g/mol. The molecule has 0 aromatic heterocycles. The largest absolute Gasteiger partial charge is 0.469 e. The molecule has 1 saturated carbocycles. The minimum atomic E-state index is -1.46. The lowest BCUT2D eigenvalue weighted by molar-refractivity contribution is -0.149. The van der Waals surface area contributed by atoms with Crippen LogP contribution in [0.4, 0.5) is 0 Å². The summed E-state index contributed by atoms with van der Waals surface area (Å²) in [5.41, 5.74) is -1.02. The number of nitrogens with one attached hydrogen (secondary N) is 1. The van der Waals surface area contributed by atoms with Crippen LogP contribution in [0.25, 0.3) is 0 Å². The van der Waals surface area contributed by atoms with Crippen LogP contribution in [0.5, 0.6) is 0 Å². The molecule has 0 bridgehead atoms. The number of esters is 2. The van der Waals surface area contributed by atoms with E-state index in [-0.39, 0.29) is 23.5 Å². The average molecular weight is 388 g/mol. The fourth-order valence-electron chi connectivity index (χ4n) is 3.69. The molecule has 1 aliphatic carbocycles. The molecule has 0 spiro atoms. The molecule has 0 unspecified atom stereocenters. The first-order valence-corrected chi connectivity index (χ1v) is 9.31. The van der Waals surface area contributed by atoms with Crippen LogP contribution >= 0.6 is 0 Å². The van der Waals surface area contributed by atoms with Crippen molar-refractivity contribution in [2.45, 2.75) is 31.2 Å². The summed E-state index contributed by atoms with van der Waals surface area (Å²) in [5, 5.41) is 2.61. The van der Waals surface area contributed by atoms with Gasteiger partial charge in [0.2, 0.25) is 0 Å². The Kier molecular flexibility index (Phi) is 5.67. The van der Waals surface area contributed by atoms with Gasteiger partial charge in [-0.15, -0.1) is 0 Å². The summed E-state index contributed by atoms with van der Waals surface area (Å²) in [7, 11) is 2.41. The summed E-state index contributed by atoms with van der Waals surface area (Å²) >= 11 is 0. The number of nitrogens with zero attached hydrogens (tertiary/aromatic N) is 1. The van der Waals surface area contributed by atoms with E-state index in [1.54, 1.807) is 23.1 Å². The number of hydrogen-bond acceptors (Lipinski definition) is 6. The second kappa shape index (κ2) is 8.00. The molecular formula is C20H24N2O6.